The van der Waals surface area contributed by atoms with E-state index in [1.807, 2.05) is 6.07 Å². The number of ether oxygens (including phenoxy) is 1. The predicted octanol–water partition coefficient (Wildman–Crippen LogP) is 2.15. The summed E-state index contributed by atoms with van der Waals surface area (Å²) in [7, 11) is 1.52. The van der Waals surface area contributed by atoms with Gasteiger partial charge in [-0.3, -0.25) is 14.8 Å². The quantitative estimate of drug-likeness (QED) is 0.324. The number of imidazole rings is 1. The fraction of sp³-hybridized carbons (Fsp3) is 0.250. The van der Waals surface area contributed by atoms with Crippen molar-refractivity contribution in [1.82, 2.24) is 19.5 Å². The maximum absolute atomic E-state index is 12.6. The molecule has 0 spiro atoms. The Morgan fingerprint density at radius 1 is 0.971 bits per heavy atom. The number of nitrogens with one attached hydrogen (secondary N) is 3. The average Bonchev–Trinajstić information content (AvgIpc) is 3.23. The first-order chi connectivity index (χ1) is 16.9. The molecule has 4 N–H and O–H groups in total. The van der Waals surface area contributed by atoms with E-state index in [0.29, 0.717) is 28.2 Å². The number of H-pyrrole nitrogens is 3. The van der Waals surface area contributed by atoms with Crippen LogP contribution in [-0.4, -0.2) is 51.0 Å². The van der Waals surface area contributed by atoms with Crippen LogP contribution in [0.3, 0.4) is 0 Å². The lowest BCUT2D eigenvalue weighted by Gasteiger charge is -2.29. The molecule has 2 aromatic heterocycles. The number of hydrogen-bond donors (Lipinski definition) is 4. The Labute approximate surface area is 198 Å². The van der Waals surface area contributed by atoms with E-state index in [0.717, 1.165) is 42.6 Å². The number of aromatic hydroxyl groups is 1. The number of piperidine rings is 1. The van der Waals surface area contributed by atoms with Gasteiger partial charge in [-0.15, -0.1) is 0 Å². The molecule has 5 rings (SSSR count). The SMILES string of the molecule is COc1ccc(-n2c(O)c(C=Nc3cc4[nH]c(=O)[nH]c4cc3N3CCCCC3)c(=O)[nH]c2=O)cc1. The third-order valence-corrected chi connectivity index (χ3v) is 6.09. The molecule has 0 amide bonds. The van der Waals surface area contributed by atoms with Gasteiger partial charge < -0.3 is 24.7 Å². The lowest BCUT2D eigenvalue weighted by Crippen LogP contribution is -2.31. The van der Waals surface area contributed by atoms with Crippen molar-refractivity contribution in [3.8, 4) is 17.3 Å². The number of rotatable bonds is 5. The summed E-state index contributed by atoms with van der Waals surface area (Å²) in [6.45, 7) is 1.69. The van der Waals surface area contributed by atoms with Gasteiger partial charge in [0.25, 0.3) is 5.56 Å². The molecule has 2 aromatic carbocycles. The maximum Gasteiger partial charge on any atom is 0.335 e. The summed E-state index contributed by atoms with van der Waals surface area (Å²) in [5, 5.41) is 10.9. The van der Waals surface area contributed by atoms with Crippen LogP contribution in [0.2, 0.25) is 0 Å². The van der Waals surface area contributed by atoms with E-state index < -0.39 is 17.1 Å². The topological polar surface area (TPSA) is 149 Å². The first-order valence-electron chi connectivity index (χ1n) is 11.2. The number of aliphatic imine (C=N–C) groups is 1. The lowest BCUT2D eigenvalue weighted by atomic mass is 10.1. The number of methoxy groups -OCH3 is 1. The van der Waals surface area contributed by atoms with Gasteiger partial charge in [-0.2, -0.15) is 0 Å². The molecule has 180 valence electrons. The molecule has 1 aliphatic heterocycles. The second-order valence-electron chi connectivity index (χ2n) is 8.30. The highest BCUT2D eigenvalue weighted by Gasteiger charge is 2.18. The third kappa shape index (κ3) is 4.23. The highest BCUT2D eigenvalue weighted by molar-refractivity contribution is 5.91. The number of nitrogens with zero attached hydrogens (tertiary/aromatic N) is 3. The van der Waals surface area contributed by atoms with Crippen LogP contribution in [0.25, 0.3) is 16.7 Å². The van der Waals surface area contributed by atoms with Gasteiger partial charge in [0.05, 0.1) is 35.2 Å². The van der Waals surface area contributed by atoms with Gasteiger partial charge >= 0.3 is 11.4 Å². The highest BCUT2D eigenvalue weighted by Crippen LogP contribution is 2.34. The average molecular weight is 476 g/mol. The molecule has 3 heterocycles. The minimum Gasteiger partial charge on any atom is -0.497 e. The monoisotopic (exact) mass is 476 g/mol. The van der Waals surface area contributed by atoms with Crippen LogP contribution in [0.5, 0.6) is 11.6 Å². The zero-order valence-corrected chi connectivity index (χ0v) is 19.0. The molecule has 0 saturated carbocycles. The third-order valence-electron chi connectivity index (χ3n) is 6.09. The van der Waals surface area contributed by atoms with Gasteiger partial charge in [-0.05, 0) is 55.7 Å². The van der Waals surface area contributed by atoms with Gasteiger partial charge in [0.2, 0.25) is 5.88 Å². The fourth-order valence-corrected chi connectivity index (χ4v) is 4.31. The molecule has 4 aromatic rings. The number of fused-ring (bicyclic) bond motifs is 1. The van der Waals surface area contributed by atoms with Crippen molar-refractivity contribution in [2.45, 2.75) is 19.3 Å². The first-order valence-corrected chi connectivity index (χ1v) is 11.2. The second kappa shape index (κ2) is 9.01. The molecule has 1 fully saturated rings. The predicted molar refractivity (Wildman–Crippen MR) is 133 cm³/mol. The van der Waals surface area contributed by atoms with Gasteiger partial charge in [-0.25, -0.2) is 14.2 Å². The van der Waals surface area contributed by atoms with Gasteiger partial charge in [-0.1, -0.05) is 0 Å². The maximum atomic E-state index is 12.6. The summed E-state index contributed by atoms with van der Waals surface area (Å²) in [4.78, 5) is 51.3. The van der Waals surface area contributed by atoms with Crippen molar-refractivity contribution >= 4 is 28.6 Å². The van der Waals surface area contributed by atoms with Crippen molar-refractivity contribution in [3.05, 3.63) is 73.3 Å². The van der Waals surface area contributed by atoms with Crippen LogP contribution in [0.1, 0.15) is 24.8 Å². The zero-order chi connectivity index (χ0) is 24.5. The van der Waals surface area contributed by atoms with Crippen LogP contribution in [0.15, 0.2) is 55.8 Å². The number of aromatic nitrogens is 4. The van der Waals surface area contributed by atoms with Crippen LogP contribution in [0.4, 0.5) is 11.4 Å². The molecular weight excluding hydrogens is 452 g/mol. The van der Waals surface area contributed by atoms with E-state index in [1.165, 1.54) is 13.3 Å². The fourth-order valence-electron chi connectivity index (χ4n) is 4.31. The number of hydrogen-bond acceptors (Lipinski definition) is 7. The van der Waals surface area contributed by atoms with E-state index in [4.69, 9.17) is 4.74 Å². The molecule has 0 radical (unpaired) electrons. The Hall–Kier alpha value is -4.54. The van der Waals surface area contributed by atoms with Crippen molar-refractivity contribution in [2.24, 2.45) is 4.99 Å². The lowest BCUT2D eigenvalue weighted by molar-refractivity contribution is 0.414. The van der Waals surface area contributed by atoms with E-state index in [2.05, 4.69) is 24.8 Å². The molecule has 0 unspecified atom stereocenters. The Kier molecular flexibility index (Phi) is 5.73. The van der Waals surface area contributed by atoms with E-state index in [-0.39, 0.29) is 11.3 Å². The van der Waals surface area contributed by atoms with Crippen molar-refractivity contribution in [3.63, 3.8) is 0 Å². The number of aromatic amines is 3. The standard InChI is InChI=1S/C24H24N6O5/c1-35-15-7-5-14(6-8-15)30-22(32)16(21(31)28-24(30)34)13-25-19-11-17-18(27-23(33)26-17)12-20(19)29-9-3-2-4-10-29/h5-8,11-13,32H,2-4,9-10H2,1H3,(H2,26,27,33)(H,28,31,34). The minimum atomic E-state index is -0.782. The number of anilines is 1. The van der Waals surface area contributed by atoms with Crippen molar-refractivity contribution in [2.75, 3.05) is 25.1 Å². The smallest absolute Gasteiger partial charge is 0.335 e. The molecule has 11 nitrogen and oxygen atoms in total. The minimum absolute atomic E-state index is 0.173. The molecule has 0 bridgehead atoms. The molecular formula is C24H24N6O5. The van der Waals surface area contributed by atoms with Crippen LogP contribution < -0.4 is 26.6 Å². The van der Waals surface area contributed by atoms with Gasteiger partial charge in [0.15, 0.2) is 0 Å². The van der Waals surface area contributed by atoms with Gasteiger partial charge in [0.1, 0.15) is 11.3 Å². The van der Waals surface area contributed by atoms with Crippen LogP contribution >= 0.6 is 0 Å². The summed E-state index contributed by atoms with van der Waals surface area (Å²) in [5.74, 6) is 0.0410. The Bertz CT molecular complexity index is 1590. The van der Waals surface area contributed by atoms with Crippen molar-refractivity contribution < 1.29 is 9.84 Å². The van der Waals surface area contributed by atoms with Gasteiger partial charge in [0, 0.05) is 19.3 Å². The van der Waals surface area contributed by atoms with Crippen molar-refractivity contribution in [1.29, 1.82) is 0 Å². The Morgan fingerprint density at radius 3 is 2.34 bits per heavy atom. The number of benzene rings is 2. The molecule has 35 heavy (non-hydrogen) atoms. The molecule has 0 aliphatic carbocycles. The summed E-state index contributed by atoms with van der Waals surface area (Å²) in [5.41, 5.74) is 0.858. The second-order valence-corrected chi connectivity index (χ2v) is 8.30. The molecule has 1 aliphatic rings. The van der Waals surface area contributed by atoms with Crippen LogP contribution in [-0.2, 0) is 0 Å². The summed E-state index contributed by atoms with van der Waals surface area (Å²) < 4.78 is 6.12. The first kappa shape index (κ1) is 22.3. The molecule has 0 atom stereocenters. The highest BCUT2D eigenvalue weighted by atomic mass is 16.5. The zero-order valence-electron chi connectivity index (χ0n) is 19.0. The largest absolute Gasteiger partial charge is 0.497 e. The van der Waals surface area contributed by atoms with E-state index in [1.54, 1.807) is 30.3 Å². The summed E-state index contributed by atoms with van der Waals surface area (Å²) in [6, 6.07) is 10.0. The van der Waals surface area contributed by atoms with E-state index in [9.17, 15) is 19.5 Å². The molecule has 11 heteroatoms. The Morgan fingerprint density at radius 2 is 1.66 bits per heavy atom. The van der Waals surface area contributed by atoms with E-state index >= 15 is 0 Å². The van der Waals surface area contributed by atoms with Crippen LogP contribution in [0, 0.1) is 0 Å². The molecule has 1 saturated heterocycles. The summed E-state index contributed by atoms with van der Waals surface area (Å²) >= 11 is 0. The Balaban J connectivity index is 1.61. The summed E-state index contributed by atoms with van der Waals surface area (Å²) in [6.07, 6.45) is 4.46. The normalized spacial score (nSPS) is 14.1.